The molecule has 2 amide bonds. The van der Waals surface area contributed by atoms with Crippen LogP contribution in [0.2, 0.25) is 0 Å². The van der Waals surface area contributed by atoms with Crippen molar-refractivity contribution in [2.24, 2.45) is 0 Å². The molecular formula is C20H19F3N2O2. The van der Waals surface area contributed by atoms with Crippen molar-refractivity contribution in [3.63, 3.8) is 0 Å². The highest BCUT2D eigenvalue weighted by molar-refractivity contribution is 6.06. The summed E-state index contributed by atoms with van der Waals surface area (Å²) in [6.07, 6.45) is 5.19. The van der Waals surface area contributed by atoms with Crippen molar-refractivity contribution >= 4 is 17.5 Å². The number of carbonyl (C=O) groups excluding carboxylic acids is 2. The van der Waals surface area contributed by atoms with E-state index in [2.05, 4.69) is 10.6 Å². The van der Waals surface area contributed by atoms with E-state index in [4.69, 9.17) is 0 Å². The predicted octanol–water partition coefficient (Wildman–Crippen LogP) is 4.42. The Morgan fingerprint density at radius 2 is 1.52 bits per heavy atom. The Bertz CT molecular complexity index is 864. The molecular weight excluding hydrogens is 357 g/mol. The molecule has 2 N–H and O–H groups in total. The van der Waals surface area contributed by atoms with E-state index in [9.17, 15) is 22.8 Å². The largest absolute Gasteiger partial charge is 0.349 e. The molecule has 0 bridgehead atoms. The van der Waals surface area contributed by atoms with Gasteiger partial charge in [0.25, 0.3) is 11.8 Å². The second kappa shape index (κ2) is 8.24. The van der Waals surface area contributed by atoms with Crippen LogP contribution in [-0.4, -0.2) is 17.9 Å². The third kappa shape index (κ3) is 4.48. The summed E-state index contributed by atoms with van der Waals surface area (Å²) in [5.74, 6) is -5.49. The molecule has 2 aromatic carbocycles. The van der Waals surface area contributed by atoms with Crippen LogP contribution in [0, 0.1) is 17.5 Å². The third-order valence-corrected chi connectivity index (χ3v) is 4.61. The minimum absolute atomic E-state index is 0.107. The lowest BCUT2D eigenvalue weighted by molar-refractivity contribution is 0.0927. The van der Waals surface area contributed by atoms with Crippen LogP contribution in [-0.2, 0) is 0 Å². The van der Waals surface area contributed by atoms with E-state index in [1.54, 1.807) is 6.07 Å². The SMILES string of the molecule is O=C(Nc1ccc(F)c(F)c1F)c1cccc(C(=O)NC2CCCCC2)c1. The molecule has 0 aromatic heterocycles. The molecule has 1 aliphatic carbocycles. The lowest BCUT2D eigenvalue weighted by atomic mass is 9.95. The Hall–Kier alpha value is -2.83. The van der Waals surface area contributed by atoms with Crippen LogP contribution >= 0.6 is 0 Å². The number of amides is 2. The molecule has 7 heteroatoms. The molecule has 0 spiro atoms. The zero-order valence-electron chi connectivity index (χ0n) is 14.5. The summed E-state index contributed by atoms with van der Waals surface area (Å²) in [6, 6.07) is 7.72. The maximum Gasteiger partial charge on any atom is 0.255 e. The van der Waals surface area contributed by atoms with Crippen LogP contribution in [0.15, 0.2) is 36.4 Å². The molecule has 3 rings (SSSR count). The highest BCUT2D eigenvalue weighted by Crippen LogP contribution is 2.21. The minimum atomic E-state index is -1.66. The van der Waals surface area contributed by atoms with Crippen molar-refractivity contribution in [1.82, 2.24) is 5.32 Å². The van der Waals surface area contributed by atoms with Crippen LogP contribution in [0.4, 0.5) is 18.9 Å². The van der Waals surface area contributed by atoms with Gasteiger partial charge in [-0.2, -0.15) is 0 Å². The lowest BCUT2D eigenvalue weighted by Crippen LogP contribution is -2.36. The normalized spacial score (nSPS) is 14.6. The van der Waals surface area contributed by atoms with E-state index in [0.717, 1.165) is 37.8 Å². The van der Waals surface area contributed by atoms with E-state index in [1.807, 2.05) is 0 Å². The fourth-order valence-electron chi connectivity index (χ4n) is 3.13. The number of hydrogen-bond acceptors (Lipinski definition) is 2. The van der Waals surface area contributed by atoms with Gasteiger partial charge in [-0.3, -0.25) is 9.59 Å². The van der Waals surface area contributed by atoms with Crippen LogP contribution in [0.25, 0.3) is 0 Å². The fraction of sp³-hybridized carbons (Fsp3) is 0.300. The fourth-order valence-corrected chi connectivity index (χ4v) is 3.13. The van der Waals surface area contributed by atoms with Gasteiger partial charge in [0.2, 0.25) is 0 Å². The van der Waals surface area contributed by atoms with Crippen molar-refractivity contribution in [3.05, 3.63) is 65.0 Å². The molecule has 142 valence electrons. The number of nitrogens with one attached hydrogen (secondary N) is 2. The Morgan fingerprint density at radius 3 is 2.22 bits per heavy atom. The van der Waals surface area contributed by atoms with E-state index in [0.29, 0.717) is 5.56 Å². The number of anilines is 1. The van der Waals surface area contributed by atoms with Gasteiger partial charge in [-0.05, 0) is 43.2 Å². The lowest BCUT2D eigenvalue weighted by Gasteiger charge is -2.22. The number of benzene rings is 2. The van der Waals surface area contributed by atoms with Crippen molar-refractivity contribution in [2.75, 3.05) is 5.32 Å². The zero-order chi connectivity index (χ0) is 19.4. The molecule has 0 unspecified atom stereocenters. The van der Waals surface area contributed by atoms with Gasteiger partial charge >= 0.3 is 0 Å². The Kier molecular flexibility index (Phi) is 5.78. The van der Waals surface area contributed by atoms with Gasteiger partial charge < -0.3 is 10.6 Å². The third-order valence-electron chi connectivity index (χ3n) is 4.61. The van der Waals surface area contributed by atoms with Crippen molar-refractivity contribution in [2.45, 2.75) is 38.1 Å². The number of halogens is 3. The molecule has 0 radical (unpaired) electrons. The summed E-state index contributed by atoms with van der Waals surface area (Å²) in [7, 11) is 0. The van der Waals surface area contributed by atoms with Gasteiger partial charge in [-0.1, -0.05) is 25.3 Å². The monoisotopic (exact) mass is 376 g/mol. The van der Waals surface area contributed by atoms with Crippen LogP contribution < -0.4 is 10.6 Å². The average Bonchev–Trinajstić information content (AvgIpc) is 2.69. The van der Waals surface area contributed by atoms with Gasteiger partial charge in [0, 0.05) is 17.2 Å². The summed E-state index contributed by atoms with van der Waals surface area (Å²) in [4.78, 5) is 24.7. The first-order valence-electron chi connectivity index (χ1n) is 8.81. The molecule has 1 aliphatic rings. The zero-order valence-corrected chi connectivity index (χ0v) is 14.5. The molecule has 2 aromatic rings. The molecule has 1 saturated carbocycles. The molecule has 0 aliphatic heterocycles. The van der Waals surface area contributed by atoms with E-state index in [1.165, 1.54) is 24.6 Å². The Balaban J connectivity index is 1.72. The quantitative estimate of drug-likeness (QED) is 0.776. The van der Waals surface area contributed by atoms with Gasteiger partial charge in [0.05, 0.1) is 5.69 Å². The highest BCUT2D eigenvalue weighted by Gasteiger charge is 2.19. The van der Waals surface area contributed by atoms with Crippen molar-refractivity contribution in [1.29, 1.82) is 0 Å². The average molecular weight is 376 g/mol. The Morgan fingerprint density at radius 1 is 0.852 bits per heavy atom. The minimum Gasteiger partial charge on any atom is -0.349 e. The van der Waals surface area contributed by atoms with Gasteiger partial charge in [-0.25, -0.2) is 13.2 Å². The molecule has 0 saturated heterocycles. The maximum absolute atomic E-state index is 13.7. The molecule has 0 heterocycles. The predicted molar refractivity (Wildman–Crippen MR) is 95.1 cm³/mol. The second-order valence-electron chi connectivity index (χ2n) is 6.57. The van der Waals surface area contributed by atoms with Gasteiger partial charge in [0.15, 0.2) is 17.5 Å². The number of carbonyl (C=O) groups is 2. The Labute approximate surface area is 154 Å². The van der Waals surface area contributed by atoms with Crippen LogP contribution in [0.3, 0.4) is 0 Å². The first-order valence-corrected chi connectivity index (χ1v) is 8.81. The number of hydrogen-bond donors (Lipinski definition) is 2. The summed E-state index contributed by atoms with van der Waals surface area (Å²) < 4.78 is 40.0. The van der Waals surface area contributed by atoms with Gasteiger partial charge in [0.1, 0.15) is 0 Å². The van der Waals surface area contributed by atoms with E-state index in [-0.39, 0.29) is 17.5 Å². The smallest absolute Gasteiger partial charge is 0.255 e. The highest BCUT2D eigenvalue weighted by atomic mass is 19.2. The van der Waals surface area contributed by atoms with E-state index >= 15 is 0 Å². The second-order valence-corrected chi connectivity index (χ2v) is 6.57. The van der Waals surface area contributed by atoms with Crippen LogP contribution in [0.1, 0.15) is 52.8 Å². The molecule has 27 heavy (non-hydrogen) atoms. The first kappa shape index (κ1) is 18.9. The first-order chi connectivity index (χ1) is 13.0. The summed E-state index contributed by atoms with van der Waals surface area (Å²) in [5.41, 5.74) is -0.0645. The van der Waals surface area contributed by atoms with Gasteiger partial charge in [-0.15, -0.1) is 0 Å². The summed E-state index contributed by atoms with van der Waals surface area (Å²) in [6.45, 7) is 0. The topological polar surface area (TPSA) is 58.2 Å². The summed E-state index contributed by atoms with van der Waals surface area (Å²) in [5, 5.41) is 5.14. The van der Waals surface area contributed by atoms with E-state index < -0.39 is 29.0 Å². The summed E-state index contributed by atoms with van der Waals surface area (Å²) >= 11 is 0. The maximum atomic E-state index is 13.7. The van der Waals surface area contributed by atoms with Crippen LogP contribution in [0.5, 0.6) is 0 Å². The molecule has 4 nitrogen and oxygen atoms in total. The van der Waals surface area contributed by atoms with Crippen molar-refractivity contribution in [3.8, 4) is 0 Å². The molecule has 0 atom stereocenters. The standard InChI is InChI=1S/C20H19F3N2O2/c21-15-9-10-16(18(23)17(15)22)25-20(27)13-6-4-5-12(11-13)19(26)24-14-7-2-1-3-8-14/h4-6,9-11,14H,1-3,7-8H2,(H,24,26)(H,25,27). The van der Waals surface area contributed by atoms with Crippen molar-refractivity contribution < 1.29 is 22.8 Å². The molecule has 1 fully saturated rings. The number of rotatable bonds is 4.